The Morgan fingerprint density at radius 3 is 3.10 bits per heavy atom. The number of aliphatic hydroxyl groups excluding tert-OH is 1. The molecule has 1 aromatic heterocycles. The molecule has 0 aromatic carbocycles. The highest BCUT2D eigenvalue weighted by Gasteiger charge is 2.28. The second-order valence-corrected chi connectivity index (χ2v) is 4.67. The van der Waals surface area contributed by atoms with Crippen LogP contribution in [0.5, 0.6) is 0 Å². The molecule has 21 heavy (non-hydrogen) atoms. The van der Waals surface area contributed by atoms with Crippen molar-refractivity contribution >= 4 is 17.8 Å². The lowest BCUT2D eigenvalue weighted by molar-refractivity contribution is -0.133. The topological polar surface area (TPSA) is 110 Å². The van der Waals surface area contributed by atoms with E-state index in [1.54, 1.807) is 11.8 Å². The van der Waals surface area contributed by atoms with E-state index in [1.165, 1.54) is 11.0 Å². The molecule has 0 radical (unpaired) electrons. The van der Waals surface area contributed by atoms with Crippen LogP contribution in [-0.2, 0) is 16.1 Å². The molecule has 0 bridgehead atoms. The number of hydrogen-bond acceptors (Lipinski definition) is 6. The van der Waals surface area contributed by atoms with Crippen molar-refractivity contribution in [2.75, 3.05) is 25.1 Å². The fraction of sp³-hybridized carbons (Fsp3) is 0.667. The van der Waals surface area contributed by atoms with Crippen molar-refractivity contribution in [3.63, 3.8) is 0 Å². The first kappa shape index (κ1) is 15.2. The summed E-state index contributed by atoms with van der Waals surface area (Å²) in [4.78, 5) is 26.2. The zero-order valence-corrected chi connectivity index (χ0v) is 11.9. The maximum atomic E-state index is 12.1. The fourth-order valence-corrected chi connectivity index (χ4v) is 2.27. The zero-order valence-electron chi connectivity index (χ0n) is 11.9. The van der Waals surface area contributed by atoms with Crippen LogP contribution in [0.25, 0.3) is 0 Å². The summed E-state index contributed by atoms with van der Waals surface area (Å²) in [5, 5.41) is 19.5. The molecule has 1 aromatic rings. The van der Waals surface area contributed by atoms with Gasteiger partial charge in [0.25, 0.3) is 0 Å². The second-order valence-electron chi connectivity index (χ2n) is 4.67. The molecule has 2 heterocycles. The summed E-state index contributed by atoms with van der Waals surface area (Å²) in [6.45, 7) is 2.53. The van der Waals surface area contributed by atoms with Gasteiger partial charge >= 0.3 is 6.09 Å². The molecule has 1 aliphatic heterocycles. The van der Waals surface area contributed by atoms with E-state index in [9.17, 15) is 14.7 Å². The molecule has 9 heteroatoms. The van der Waals surface area contributed by atoms with E-state index in [-0.39, 0.29) is 37.5 Å². The van der Waals surface area contributed by atoms with Crippen LogP contribution >= 0.6 is 0 Å². The molecule has 0 saturated carbocycles. The molecule has 1 saturated heterocycles. The minimum Gasteiger partial charge on any atom is -0.450 e. The molecule has 1 aliphatic rings. The maximum absolute atomic E-state index is 12.1. The molecule has 2 amide bonds. The Hall–Kier alpha value is -2.16. The molecular formula is C12H19N5O4. The molecule has 2 N–H and O–H groups in total. The number of nitrogens with one attached hydrogen (secondary N) is 1. The molecule has 1 unspecified atom stereocenters. The van der Waals surface area contributed by atoms with Crippen molar-refractivity contribution in [3.8, 4) is 0 Å². The zero-order chi connectivity index (χ0) is 15.2. The first-order valence-corrected chi connectivity index (χ1v) is 6.88. The smallest absolute Gasteiger partial charge is 0.412 e. The largest absolute Gasteiger partial charge is 0.450 e. The molecule has 116 valence electrons. The number of carbonyl (C=O) groups is 2. The van der Waals surface area contributed by atoms with Gasteiger partial charge in [0.2, 0.25) is 5.91 Å². The van der Waals surface area contributed by atoms with Crippen molar-refractivity contribution in [1.82, 2.24) is 19.9 Å². The van der Waals surface area contributed by atoms with Gasteiger partial charge in [0, 0.05) is 6.54 Å². The van der Waals surface area contributed by atoms with Gasteiger partial charge in [-0.1, -0.05) is 0 Å². The molecule has 1 fully saturated rings. The number of ether oxygens (including phenoxy) is 1. The van der Waals surface area contributed by atoms with Gasteiger partial charge in [0.15, 0.2) is 5.82 Å². The van der Waals surface area contributed by atoms with E-state index in [2.05, 4.69) is 15.5 Å². The van der Waals surface area contributed by atoms with E-state index in [1.807, 2.05) is 0 Å². The molecule has 9 nitrogen and oxygen atoms in total. The summed E-state index contributed by atoms with van der Waals surface area (Å²) in [6, 6.07) is -0.120. The SMILES string of the molecule is CCOC(=O)Nc1cnn(CC(=O)N2CCCC2CO)n1. The van der Waals surface area contributed by atoms with Crippen molar-refractivity contribution in [1.29, 1.82) is 0 Å². The molecule has 0 aliphatic carbocycles. The van der Waals surface area contributed by atoms with Crippen LogP contribution in [0.3, 0.4) is 0 Å². The average molecular weight is 297 g/mol. The minimum absolute atomic E-state index is 0.0268. The van der Waals surface area contributed by atoms with E-state index in [0.717, 1.165) is 12.8 Å². The van der Waals surface area contributed by atoms with Gasteiger partial charge in [-0.2, -0.15) is 9.90 Å². The normalized spacial score (nSPS) is 17.8. The number of aromatic nitrogens is 3. The highest BCUT2D eigenvalue weighted by atomic mass is 16.5. The number of carbonyl (C=O) groups excluding carboxylic acids is 2. The van der Waals surface area contributed by atoms with Crippen LogP contribution in [0.1, 0.15) is 19.8 Å². The number of hydrogen-bond donors (Lipinski definition) is 2. The highest BCUT2D eigenvalue weighted by molar-refractivity contribution is 5.83. The van der Waals surface area contributed by atoms with Crippen LogP contribution in [-0.4, -0.2) is 62.8 Å². The van der Waals surface area contributed by atoms with Crippen LogP contribution < -0.4 is 5.32 Å². The molecule has 0 spiro atoms. The van der Waals surface area contributed by atoms with Gasteiger partial charge in [-0.3, -0.25) is 10.1 Å². The van der Waals surface area contributed by atoms with Gasteiger partial charge in [-0.05, 0) is 19.8 Å². The lowest BCUT2D eigenvalue weighted by Gasteiger charge is -2.22. The monoisotopic (exact) mass is 297 g/mol. The van der Waals surface area contributed by atoms with Crippen molar-refractivity contribution < 1.29 is 19.4 Å². The third-order valence-electron chi connectivity index (χ3n) is 3.23. The average Bonchev–Trinajstić information content (AvgIpc) is 3.07. The first-order valence-electron chi connectivity index (χ1n) is 6.88. The Labute approximate surface area is 121 Å². The summed E-state index contributed by atoms with van der Waals surface area (Å²) < 4.78 is 4.72. The predicted octanol–water partition coefficient (Wildman–Crippen LogP) is -0.170. The van der Waals surface area contributed by atoms with Gasteiger partial charge in [-0.25, -0.2) is 4.79 Å². The minimum atomic E-state index is -0.615. The van der Waals surface area contributed by atoms with Gasteiger partial charge < -0.3 is 14.7 Å². The van der Waals surface area contributed by atoms with E-state index in [0.29, 0.717) is 6.54 Å². The second kappa shape index (κ2) is 7.02. The Morgan fingerprint density at radius 1 is 1.57 bits per heavy atom. The van der Waals surface area contributed by atoms with Gasteiger partial charge in [0.05, 0.1) is 25.5 Å². The predicted molar refractivity (Wildman–Crippen MR) is 72.5 cm³/mol. The summed E-state index contributed by atoms with van der Waals surface area (Å²) in [6.07, 6.45) is 2.43. The van der Waals surface area contributed by atoms with Gasteiger partial charge in [0.1, 0.15) is 6.54 Å². The highest BCUT2D eigenvalue weighted by Crippen LogP contribution is 2.17. The number of anilines is 1. The van der Waals surface area contributed by atoms with Crippen molar-refractivity contribution in [2.45, 2.75) is 32.4 Å². The number of likely N-dealkylation sites (tertiary alicyclic amines) is 1. The lowest BCUT2D eigenvalue weighted by Crippen LogP contribution is -2.39. The number of amides is 2. The third kappa shape index (κ3) is 3.91. The van der Waals surface area contributed by atoms with E-state index in [4.69, 9.17) is 4.74 Å². The third-order valence-corrected chi connectivity index (χ3v) is 3.23. The summed E-state index contributed by atoms with van der Waals surface area (Å²) in [5.41, 5.74) is 0. The van der Waals surface area contributed by atoms with Crippen LogP contribution in [0.2, 0.25) is 0 Å². The summed E-state index contributed by atoms with van der Waals surface area (Å²) in [7, 11) is 0. The van der Waals surface area contributed by atoms with Crippen molar-refractivity contribution in [2.24, 2.45) is 0 Å². The Kier molecular flexibility index (Phi) is 5.09. The van der Waals surface area contributed by atoms with Crippen LogP contribution in [0.15, 0.2) is 6.20 Å². The summed E-state index contributed by atoms with van der Waals surface area (Å²) in [5.74, 6) is 0.0752. The molecule has 2 rings (SSSR count). The lowest BCUT2D eigenvalue weighted by atomic mass is 10.2. The standard InChI is InChI=1S/C12H19N5O4/c1-2-21-12(20)14-10-6-13-17(15-10)7-11(19)16-5-3-4-9(16)8-18/h6,9,18H,2-5,7-8H2,1H3,(H,14,15,20). The Balaban J connectivity index is 1.90. The number of nitrogens with zero attached hydrogens (tertiary/aromatic N) is 4. The fourth-order valence-electron chi connectivity index (χ4n) is 2.27. The van der Waals surface area contributed by atoms with Crippen LogP contribution in [0.4, 0.5) is 10.6 Å². The van der Waals surface area contributed by atoms with E-state index >= 15 is 0 Å². The summed E-state index contributed by atoms with van der Waals surface area (Å²) >= 11 is 0. The number of rotatable bonds is 5. The first-order chi connectivity index (χ1) is 10.1. The number of aliphatic hydroxyl groups is 1. The van der Waals surface area contributed by atoms with E-state index < -0.39 is 6.09 Å². The Morgan fingerprint density at radius 2 is 2.38 bits per heavy atom. The quantitative estimate of drug-likeness (QED) is 0.781. The van der Waals surface area contributed by atoms with Crippen LogP contribution in [0, 0.1) is 0 Å². The maximum Gasteiger partial charge on any atom is 0.412 e. The molecule has 1 atom stereocenters. The van der Waals surface area contributed by atoms with Gasteiger partial charge in [-0.15, -0.1) is 5.10 Å². The van der Waals surface area contributed by atoms with Crippen molar-refractivity contribution in [3.05, 3.63) is 6.20 Å². The Bertz CT molecular complexity index is 504. The molecular weight excluding hydrogens is 278 g/mol.